The van der Waals surface area contributed by atoms with Crippen molar-refractivity contribution < 1.29 is 9.53 Å². The summed E-state index contributed by atoms with van der Waals surface area (Å²) >= 11 is 5.81. The van der Waals surface area contributed by atoms with Crippen molar-refractivity contribution in [3.05, 3.63) is 64.2 Å². The fourth-order valence-electron chi connectivity index (χ4n) is 2.71. The second-order valence-electron chi connectivity index (χ2n) is 5.77. The van der Waals surface area contributed by atoms with Gasteiger partial charge in [0.2, 0.25) is 0 Å². The van der Waals surface area contributed by atoms with Gasteiger partial charge < -0.3 is 4.74 Å². The summed E-state index contributed by atoms with van der Waals surface area (Å²) in [4.78, 5) is 11.8. The van der Waals surface area contributed by atoms with Crippen LogP contribution in [0.25, 0.3) is 0 Å². The molecule has 24 heavy (non-hydrogen) atoms. The Morgan fingerprint density at radius 3 is 2.67 bits per heavy atom. The number of hydrogen-bond donors (Lipinski definition) is 1. The van der Waals surface area contributed by atoms with Crippen LogP contribution in [0.5, 0.6) is 5.75 Å². The van der Waals surface area contributed by atoms with Gasteiger partial charge in [-0.3, -0.25) is 4.79 Å². The summed E-state index contributed by atoms with van der Waals surface area (Å²) in [6, 6.07) is 13.2. The molecule has 0 spiro atoms. The van der Waals surface area contributed by atoms with Crippen LogP contribution in [0.15, 0.2) is 47.6 Å². The molecule has 4 nitrogen and oxygen atoms in total. The van der Waals surface area contributed by atoms with Gasteiger partial charge in [-0.1, -0.05) is 29.8 Å². The maximum absolute atomic E-state index is 11.8. The number of hydrazone groups is 1. The number of fused-ring (bicyclic) bond motifs is 1. The Balaban J connectivity index is 1.48. The molecule has 1 aliphatic carbocycles. The Kier molecular flexibility index (Phi) is 5.49. The van der Waals surface area contributed by atoms with Gasteiger partial charge >= 0.3 is 0 Å². The highest BCUT2D eigenvalue weighted by Gasteiger charge is 2.10. The normalized spacial score (nSPS) is 13.5. The van der Waals surface area contributed by atoms with Gasteiger partial charge in [-0.2, -0.15) is 5.10 Å². The first-order chi connectivity index (χ1) is 11.7. The largest absolute Gasteiger partial charge is 0.484 e. The second kappa shape index (κ2) is 7.97. The molecule has 2 aromatic rings. The van der Waals surface area contributed by atoms with Crippen molar-refractivity contribution in [1.29, 1.82) is 0 Å². The number of rotatable bonds is 5. The molecule has 0 fully saturated rings. The van der Waals surface area contributed by atoms with Gasteiger partial charge in [-0.25, -0.2) is 5.43 Å². The smallest absolute Gasteiger partial charge is 0.277 e. The number of aryl methyl sites for hydroxylation is 2. The highest BCUT2D eigenvalue weighted by atomic mass is 35.5. The van der Waals surface area contributed by atoms with Gasteiger partial charge in [-0.15, -0.1) is 0 Å². The van der Waals surface area contributed by atoms with Crippen molar-refractivity contribution in [2.24, 2.45) is 5.10 Å². The van der Waals surface area contributed by atoms with Crippen LogP contribution < -0.4 is 10.2 Å². The van der Waals surface area contributed by atoms with Crippen LogP contribution in [0.2, 0.25) is 5.02 Å². The van der Waals surface area contributed by atoms with E-state index in [0.717, 1.165) is 24.2 Å². The molecular formula is C19H19ClN2O2. The number of nitrogens with zero attached hydrogens (tertiary/aromatic N) is 1. The third kappa shape index (κ3) is 4.59. The molecule has 1 N–H and O–H groups in total. The van der Waals surface area contributed by atoms with Crippen molar-refractivity contribution in [2.75, 3.05) is 6.61 Å². The minimum absolute atomic E-state index is 0.0588. The number of hydrogen-bond acceptors (Lipinski definition) is 3. The summed E-state index contributed by atoms with van der Waals surface area (Å²) in [5.41, 5.74) is 6.03. The zero-order valence-corrected chi connectivity index (χ0v) is 14.1. The molecule has 5 heteroatoms. The molecule has 2 aromatic carbocycles. The minimum Gasteiger partial charge on any atom is -0.484 e. The number of benzene rings is 2. The predicted octanol–water partition coefficient (Wildman–Crippen LogP) is 3.75. The van der Waals surface area contributed by atoms with Gasteiger partial charge in [0.1, 0.15) is 5.75 Å². The molecule has 0 saturated heterocycles. The zero-order valence-electron chi connectivity index (χ0n) is 13.3. The highest BCUT2D eigenvalue weighted by Crippen LogP contribution is 2.25. The van der Waals surface area contributed by atoms with Crippen molar-refractivity contribution in [1.82, 2.24) is 5.43 Å². The number of ether oxygens (including phenoxy) is 1. The number of carbonyl (C=O) groups excluding carboxylic acids is 1. The van der Waals surface area contributed by atoms with E-state index in [9.17, 15) is 4.79 Å². The second-order valence-corrected chi connectivity index (χ2v) is 6.21. The average Bonchev–Trinajstić information content (AvgIpc) is 2.61. The topological polar surface area (TPSA) is 50.7 Å². The first kappa shape index (κ1) is 16.5. The number of nitrogens with one attached hydrogen (secondary N) is 1. The van der Waals surface area contributed by atoms with E-state index in [1.807, 2.05) is 24.3 Å². The monoisotopic (exact) mass is 342 g/mol. The third-order valence-electron chi connectivity index (χ3n) is 3.96. The SMILES string of the molecule is O=C(COc1ccc2c(c1)CCCC2)N/N=C\c1ccc(Cl)cc1. The Hall–Kier alpha value is -2.33. The maximum Gasteiger partial charge on any atom is 0.277 e. The third-order valence-corrected chi connectivity index (χ3v) is 4.21. The lowest BCUT2D eigenvalue weighted by molar-refractivity contribution is -0.123. The molecule has 0 unspecified atom stereocenters. The van der Waals surface area contributed by atoms with E-state index in [1.165, 1.54) is 24.0 Å². The lowest BCUT2D eigenvalue weighted by Crippen LogP contribution is -2.24. The quantitative estimate of drug-likeness (QED) is 0.664. The Bertz CT molecular complexity index is 742. The van der Waals surface area contributed by atoms with E-state index >= 15 is 0 Å². The summed E-state index contributed by atoms with van der Waals surface area (Å²) < 4.78 is 5.55. The van der Waals surface area contributed by atoms with E-state index < -0.39 is 0 Å². The molecule has 124 valence electrons. The van der Waals surface area contributed by atoms with Crippen LogP contribution in [0.1, 0.15) is 29.5 Å². The van der Waals surface area contributed by atoms with E-state index in [1.54, 1.807) is 18.3 Å². The van der Waals surface area contributed by atoms with Gasteiger partial charge in [0, 0.05) is 5.02 Å². The van der Waals surface area contributed by atoms with Crippen molar-refractivity contribution >= 4 is 23.7 Å². The molecule has 1 amide bonds. The summed E-state index contributed by atoms with van der Waals surface area (Å²) in [6.45, 7) is -0.0588. The van der Waals surface area contributed by atoms with Crippen molar-refractivity contribution in [3.63, 3.8) is 0 Å². The average molecular weight is 343 g/mol. The van der Waals surface area contributed by atoms with Crippen LogP contribution >= 0.6 is 11.6 Å². The molecular weight excluding hydrogens is 324 g/mol. The predicted molar refractivity (Wildman–Crippen MR) is 95.8 cm³/mol. The van der Waals surface area contributed by atoms with Crippen molar-refractivity contribution in [3.8, 4) is 5.75 Å². The summed E-state index contributed by atoms with van der Waals surface area (Å²) in [7, 11) is 0. The molecule has 0 bridgehead atoms. The van der Waals surface area contributed by atoms with Gasteiger partial charge in [-0.05, 0) is 66.6 Å². The van der Waals surface area contributed by atoms with Gasteiger partial charge in [0.05, 0.1) is 6.21 Å². The van der Waals surface area contributed by atoms with Crippen LogP contribution in [-0.2, 0) is 17.6 Å². The number of carbonyl (C=O) groups is 1. The highest BCUT2D eigenvalue weighted by molar-refractivity contribution is 6.30. The van der Waals surface area contributed by atoms with Gasteiger partial charge in [0.25, 0.3) is 5.91 Å². The summed E-state index contributed by atoms with van der Waals surface area (Å²) in [5.74, 6) is 0.436. The van der Waals surface area contributed by atoms with E-state index in [4.69, 9.17) is 16.3 Å². The van der Waals surface area contributed by atoms with Crippen molar-refractivity contribution in [2.45, 2.75) is 25.7 Å². The fourth-order valence-corrected chi connectivity index (χ4v) is 2.83. The number of amides is 1. The minimum atomic E-state index is -0.294. The summed E-state index contributed by atoms with van der Waals surface area (Å²) in [5, 5.41) is 4.57. The molecule has 0 heterocycles. The van der Waals surface area contributed by atoms with Crippen LogP contribution in [-0.4, -0.2) is 18.7 Å². The van der Waals surface area contributed by atoms with Crippen LogP contribution in [0, 0.1) is 0 Å². The lowest BCUT2D eigenvalue weighted by atomic mass is 9.92. The first-order valence-corrected chi connectivity index (χ1v) is 8.40. The van der Waals surface area contributed by atoms with Gasteiger partial charge in [0.15, 0.2) is 6.61 Å². The van der Waals surface area contributed by atoms with Crippen LogP contribution in [0.4, 0.5) is 0 Å². The van der Waals surface area contributed by atoms with E-state index in [-0.39, 0.29) is 12.5 Å². The van der Waals surface area contributed by atoms with E-state index in [2.05, 4.69) is 16.6 Å². The molecule has 0 aromatic heterocycles. The molecule has 0 saturated carbocycles. The Morgan fingerprint density at radius 1 is 1.12 bits per heavy atom. The molecule has 0 atom stereocenters. The van der Waals surface area contributed by atoms with Crippen LogP contribution in [0.3, 0.4) is 0 Å². The molecule has 0 aliphatic heterocycles. The lowest BCUT2D eigenvalue weighted by Gasteiger charge is -2.16. The molecule has 3 rings (SSSR count). The zero-order chi connectivity index (χ0) is 16.8. The number of halogens is 1. The Labute approximate surface area is 146 Å². The summed E-state index contributed by atoms with van der Waals surface area (Å²) in [6.07, 6.45) is 6.25. The maximum atomic E-state index is 11.8. The first-order valence-electron chi connectivity index (χ1n) is 8.03. The van der Waals surface area contributed by atoms with E-state index in [0.29, 0.717) is 5.02 Å². The standard InChI is InChI=1S/C19H19ClN2O2/c20-17-8-5-14(6-9-17)12-21-22-19(23)13-24-18-10-7-15-3-1-2-4-16(15)11-18/h5-12H,1-4,13H2,(H,22,23)/b21-12-. The molecule has 1 aliphatic rings. The fraction of sp³-hybridized carbons (Fsp3) is 0.263. The Morgan fingerprint density at radius 2 is 1.88 bits per heavy atom. The molecule has 0 radical (unpaired) electrons.